The van der Waals surface area contributed by atoms with Crippen molar-refractivity contribution in [3.63, 3.8) is 0 Å². The van der Waals surface area contributed by atoms with E-state index in [2.05, 4.69) is 67.8 Å². The maximum absolute atomic E-state index is 14.3. The van der Waals surface area contributed by atoms with Crippen LogP contribution in [0.25, 0.3) is 10.9 Å². The summed E-state index contributed by atoms with van der Waals surface area (Å²) >= 11 is 1.43. The van der Waals surface area contributed by atoms with E-state index in [1.54, 1.807) is 36.7 Å². The molecule has 0 unspecified atom stereocenters. The van der Waals surface area contributed by atoms with Gasteiger partial charge in [-0.3, -0.25) is 62.9 Å². The standard InChI is InChI=1S/C57H88N20O17S/c1-95-22-18-33(58)45(84)69-35(9-4-19-65-55(59)60)47(86)75-41(26-78)51(90)71-36(10-5-20-66-56(61)62)46(85)72-38(16-17-44(82)83)49(88)70-37(11-6-21-67-57(63)64)48(87)76-43(28-80)53(92)77-42(27-79)52(91)73-39(24-30-25-68-34-8-3-2-7-32(30)34)50(89)74-40(54(93)94)23-29-12-14-31(81)15-13-29/h2-3,7-8,12-15,25,33,35-43,68,78-81H,4-6,9-11,16-24,26-28,58H2,1H3,(H,69,84)(H,70,88)(H,71,90)(H,72,85)(H,73,91)(H,74,89)(H,75,86)(H,76,87)(H,77,92)(H,82,83)(H,93,94)(H4,59,60,65)(H4,61,62,66)(H4,63,64,67)/t33-,35-,36-,37-,38-,39-,40-,41-,42-,43-/m0/s1. The van der Waals surface area contributed by atoms with E-state index in [1.807, 2.05) is 0 Å². The van der Waals surface area contributed by atoms with E-state index in [0.29, 0.717) is 27.8 Å². The first-order valence-electron chi connectivity index (χ1n) is 29.9. The largest absolute Gasteiger partial charge is 0.508 e. The number of carboxylic acid groups (broad SMARTS) is 2. The molecule has 2 aromatic carbocycles. The van der Waals surface area contributed by atoms with Crippen molar-refractivity contribution in [1.82, 2.24) is 52.8 Å². The van der Waals surface area contributed by atoms with Crippen molar-refractivity contribution in [2.75, 3.05) is 51.5 Å². The summed E-state index contributed by atoms with van der Waals surface area (Å²) < 4.78 is 0. The van der Waals surface area contributed by atoms with Crippen molar-refractivity contribution in [2.45, 2.75) is 131 Å². The van der Waals surface area contributed by atoms with Gasteiger partial charge in [-0.2, -0.15) is 11.8 Å². The summed E-state index contributed by atoms with van der Waals surface area (Å²) in [6.07, 6.45) is 0.951. The van der Waals surface area contributed by atoms with E-state index >= 15 is 0 Å². The molecule has 3 aromatic rings. The van der Waals surface area contributed by atoms with Crippen LogP contribution in [-0.2, 0) is 65.6 Å². The van der Waals surface area contributed by atoms with Gasteiger partial charge in [-0.25, -0.2) is 4.79 Å². The van der Waals surface area contributed by atoms with Gasteiger partial charge in [-0.05, 0) is 92.7 Å². The summed E-state index contributed by atoms with van der Waals surface area (Å²) in [6.45, 7) is -3.62. The van der Waals surface area contributed by atoms with Gasteiger partial charge >= 0.3 is 11.9 Å². The average molecular weight is 1360 g/mol. The Kier molecular flexibility index (Phi) is 34.6. The van der Waals surface area contributed by atoms with E-state index in [4.69, 9.17) is 40.1 Å². The monoisotopic (exact) mass is 1360 g/mol. The van der Waals surface area contributed by atoms with Gasteiger partial charge in [0.25, 0.3) is 0 Å². The number of nitrogens with one attached hydrogen (secondary N) is 10. The van der Waals surface area contributed by atoms with Gasteiger partial charge in [-0.1, -0.05) is 30.3 Å². The third-order valence-electron chi connectivity index (χ3n) is 14.2. The second-order valence-corrected chi connectivity index (χ2v) is 22.5. The molecule has 1 heterocycles. The molecule has 0 saturated heterocycles. The summed E-state index contributed by atoms with van der Waals surface area (Å²) in [4.78, 5) is 164. The van der Waals surface area contributed by atoms with Gasteiger partial charge in [0, 0.05) is 56.0 Å². The van der Waals surface area contributed by atoms with Gasteiger partial charge in [0.05, 0.1) is 25.9 Å². The lowest BCUT2D eigenvalue weighted by Crippen LogP contribution is -2.61. The minimum absolute atomic E-state index is 0.0360. The van der Waals surface area contributed by atoms with Crippen LogP contribution in [0.4, 0.5) is 0 Å². The first kappa shape index (κ1) is 79.2. The number of hydrogen-bond acceptors (Lipinski definition) is 20. The molecule has 95 heavy (non-hydrogen) atoms. The zero-order valence-electron chi connectivity index (χ0n) is 52.2. The van der Waals surface area contributed by atoms with Gasteiger partial charge in [0.1, 0.15) is 60.1 Å². The molecule has 0 radical (unpaired) electrons. The lowest BCUT2D eigenvalue weighted by Gasteiger charge is -2.27. The summed E-state index contributed by atoms with van der Waals surface area (Å²) in [5.41, 5.74) is 40.3. The molecule has 9 amide bonds. The number of fused-ring (bicyclic) bond motifs is 1. The van der Waals surface area contributed by atoms with Crippen molar-refractivity contribution in [1.29, 1.82) is 0 Å². The fourth-order valence-electron chi connectivity index (χ4n) is 9.07. The van der Waals surface area contributed by atoms with Crippen molar-refractivity contribution in [3.8, 4) is 5.75 Å². The molecule has 524 valence electrons. The fraction of sp³-hybridized carbons (Fsp3) is 0.509. The molecule has 38 heteroatoms. The fourth-order valence-corrected chi connectivity index (χ4v) is 9.56. The number of aliphatic hydroxyl groups is 3. The summed E-state index contributed by atoms with van der Waals surface area (Å²) in [6, 6.07) is -3.94. The van der Waals surface area contributed by atoms with Gasteiger partial charge in [-0.15, -0.1) is 0 Å². The first-order valence-corrected chi connectivity index (χ1v) is 31.2. The Morgan fingerprint density at radius 2 is 0.842 bits per heavy atom. The number of aliphatic carboxylic acids is 2. The number of aliphatic hydroxyl groups excluding tert-OH is 3. The molecule has 0 spiro atoms. The van der Waals surface area contributed by atoms with E-state index in [1.165, 1.54) is 36.0 Å². The normalized spacial score (nSPS) is 14.1. The zero-order chi connectivity index (χ0) is 70.7. The number of carbonyl (C=O) groups is 11. The Hall–Kier alpha value is -10.1. The number of hydrogen-bond donors (Lipinski definition) is 23. The highest BCUT2D eigenvalue weighted by atomic mass is 32.2. The highest BCUT2D eigenvalue weighted by molar-refractivity contribution is 7.98. The molecule has 1 aromatic heterocycles. The van der Waals surface area contributed by atoms with Crippen LogP contribution in [0.2, 0.25) is 0 Å². The summed E-state index contributed by atoms with van der Waals surface area (Å²) in [5.74, 6) is -13.3. The number of phenols is 1. The molecule has 3 rings (SSSR count). The number of nitrogens with two attached hydrogens (primary N) is 7. The molecular formula is C57H88N20O17S. The quantitative estimate of drug-likeness (QED) is 0.0142. The number of rotatable bonds is 44. The van der Waals surface area contributed by atoms with E-state index in [-0.39, 0.29) is 101 Å². The van der Waals surface area contributed by atoms with Crippen LogP contribution < -0.4 is 88.0 Å². The molecule has 0 fully saturated rings. The van der Waals surface area contributed by atoms with Crippen molar-refractivity contribution < 1.29 is 83.4 Å². The zero-order valence-corrected chi connectivity index (χ0v) is 53.0. The minimum atomic E-state index is -1.96. The molecule has 30 N–H and O–H groups in total. The Labute approximate surface area is 549 Å². The Bertz CT molecular complexity index is 3160. The minimum Gasteiger partial charge on any atom is -0.508 e. The first-order chi connectivity index (χ1) is 45.1. The van der Waals surface area contributed by atoms with Crippen LogP contribution in [0.1, 0.15) is 68.9 Å². The van der Waals surface area contributed by atoms with Crippen LogP contribution in [-0.4, -0.2) is 230 Å². The van der Waals surface area contributed by atoms with Crippen molar-refractivity contribution in [2.24, 2.45) is 55.1 Å². The number of carboxylic acids is 2. The van der Waals surface area contributed by atoms with Crippen LogP contribution in [0.15, 0.2) is 69.7 Å². The lowest BCUT2D eigenvalue weighted by molar-refractivity contribution is -0.142. The lowest BCUT2D eigenvalue weighted by atomic mass is 10.0. The number of guanidine groups is 3. The maximum atomic E-state index is 14.3. The summed E-state index contributed by atoms with van der Waals surface area (Å²) in [5, 5.41) is 82.7. The van der Waals surface area contributed by atoms with Crippen LogP contribution in [0, 0.1) is 0 Å². The third-order valence-corrected chi connectivity index (χ3v) is 14.8. The Morgan fingerprint density at radius 3 is 1.24 bits per heavy atom. The number of amides is 9. The molecule has 0 saturated carbocycles. The highest BCUT2D eigenvalue weighted by Crippen LogP contribution is 2.20. The third kappa shape index (κ3) is 28.8. The maximum Gasteiger partial charge on any atom is 0.326 e. The number of benzene rings is 2. The molecule has 37 nitrogen and oxygen atoms in total. The number of para-hydroxylation sites is 1. The number of thioether (sulfide) groups is 1. The number of aromatic nitrogens is 1. The van der Waals surface area contributed by atoms with E-state index in [9.17, 15) is 83.4 Å². The molecular weight excluding hydrogens is 1270 g/mol. The number of aliphatic imine (C=N–C) groups is 3. The molecule has 0 bridgehead atoms. The van der Waals surface area contributed by atoms with Gasteiger partial charge in [0.2, 0.25) is 53.2 Å². The topological polar surface area (TPSA) is 652 Å². The second kappa shape index (κ2) is 41.5. The second-order valence-electron chi connectivity index (χ2n) is 21.5. The van der Waals surface area contributed by atoms with Crippen molar-refractivity contribution >= 4 is 106 Å². The smallest absolute Gasteiger partial charge is 0.326 e. The average Bonchev–Trinajstić information content (AvgIpc) is 1.74. The molecule has 0 aliphatic rings. The van der Waals surface area contributed by atoms with Crippen LogP contribution in [0.5, 0.6) is 5.75 Å². The van der Waals surface area contributed by atoms with E-state index < -0.39 is 158 Å². The van der Waals surface area contributed by atoms with Gasteiger partial charge in [0.15, 0.2) is 17.9 Å². The Morgan fingerprint density at radius 1 is 0.474 bits per heavy atom. The van der Waals surface area contributed by atoms with Crippen molar-refractivity contribution in [3.05, 3.63) is 65.9 Å². The molecule has 10 atom stereocenters. The number of H-pyrrole nitrogens is 1. The van der Waals surface area contributed by atoms with Crippen LogP contribution >= 0.6 is 11.8 Å². The molecule has 0 aliphatic heterocycles. The number of phenolic OH excluding ortho intramolecular Hbond substituents is 1. The summed E-state index contributed by atoms with van der Waals surface area (Å²) in [7, 11) is 0. The number of carbonyl (C=O) groups excluding carboxylic acids is 9. The number of aromatic hydroxyl groups is 1. The van der Waals surface area contributed by atoms with E-state index in [0.717, 1.165) is 0 Å². The number of aromatic amines is 1. The highest BCUT2D eigenvalue weighted by Gasteiger charge is 2.36. The SMILES string of the molecule is CSCC[C@H](N)C(=O)N[C@@H](CCCN=C(N)N)C(=O)N[C@@H](CO)C(=O)N[C@@H](CCCN=C(N)N)C(=O)N[C@@H](CCC(=O)O)C(=O)N[C@@H](CCCN=C(N)N)C(=O)N[C@@H](CO)C(=O)N[C@@H](CO)C(=O)N[C@@H](Cc1c[nH]c2ccccc12)C(=O)N[C@@H](Cc1ccc(O)cc1)C(=O)O. The van der Waals surface area contributed by atoms with Crippen LogP contribution in [0.3, 0.4) is 0 Å². The predicted molar refractivity (Wildman–Crippen MR) is 348 cm³/mol. The Balaban J connectivity index is 1.91. The molecule has 0 aliphatic carbocycles. The van der Waals surface area contributed by atoms with Gasteiger partial charge < -0.3 is 124 Å². The predicted octanol–water partition coefficient (Wildman–Crippen LogP) is -7.81. The number of nitrogens with zero attached hydrogens (tertiary/aromatic N) is 3.